The van der Waals surface area contributed by atoms with Crippen LogP contribution < -0.4 is 5.56 Å². The van der Waals surface area contributed by atoms with Crippen LogP contribution in [-0.4, -0.2) is 27.5 Å². The van der Waals surface area contributed by atoms with Crippen LogP contribution in [0.3, 0.4) is 0 Å². The number of aromatic nitrogens is 2. The van der Waals surface area contributed by atoms with Gasteiger partial charge < -0.3 is 0 Å². The van der Waals surface area contributed by atoms with Crippen LogP contribution in [-0.2, 0) is 6.54 Å². The van der Waals surface area contributed by atoms with E-state index in [9.17, 15) is 4.79 Å². The molecule has 1 aromatic heterocycles. The molecule has 0 N–H and O–H groups in total. The molecule has 1 unspecified atom stereocenters. The number of nitrogens with zero attached hydrogens (tertiary/aromatic N) is 3. The monoisotopic (exact) mass is 419 g/mol. The molecule has 1 saturated heterocycles. The first-order valence-electron chi connectivity index (χ1n) is 9.89. The average molecular weight is 420 g/mol. The van der Waals surface area contributed by atoms with E-state index >= 15 is 0 Å². The lowest BCUT2D eigenvalue weighted by Crippen LogP contribution is -2.43. The predicted molar refractivity (Wildman–Crippen MR) is 112 cm³/mol. The molecule has 26 heavy (non-hydrogen) atoms. The van der Waals surface area contributed by atoms with Crippen LogP contribution >= 0.6 is 15.9 Å². The summed E-state index contributed by atoms with van der Waals surface area (Å²) < 4.78 is 2.78. The minimum absolute atomic E-state index is 0.0769. The van der Waals surface area contributed by atoms with Gasteiger partial charge in [0.25, 0.3) is 5.56 Å². The first kappa shape index (κ1) is 19.6. The quantitative estimate of drug-likeness (QED) is 0.684. The molecule has 142 valence electrons. The smallest absolute Gasteiger partial charge is 0.261 e. The third-order valence-corrected chi connectivity index (χ3v) is 6.12. The minimum atomic E-state index is 0.0769. The van der Waals surface area contributed by atoms with Gasteiger partial charge in [-0.25, -0.2) is 4.98 Å². The summed E-state index contributed by atoms with van der Waals surface area (Å²) in [5.41, 5.74) is 0.865. The third-order valence-electron chi connectivity index (χ3n) is 5.48. The van der Waals surface area contributed by atoms with Gasteiger partial charge in [-0.3, -0.25) is 14.3 Å². The zero-order valence-electron chi connectivity index (χ0n) is 16.3. The molecule has 3 atom stereocenters. The molecule has 0 radical (unpaired) electrons. The predicted octanol–water partition coefficient (Wildman–Crippen LogP) is 5.00. The maximum Gasteiger partial charge on any atom is 0.261 e. The largest absolute Gasteiger partial charge is 0.295 e. The van der Waals surface area contributed by atoms with Crippen LogP contribution in [0.1, 0.15) is 58.8 Å². The maximum absolute atomic E-state index is 13.1. The molecular formula is C21H30BrN3O. The standard InChI is InChI=1S/C21H30BrN3O/c1-5-8-18(24-12-14(3)11-15(4)13-24)20-23-19-16(9-7-10-17(19)22)21(26)25(20)6-2/h7,9-10,14-15,18H,5-6,8,11-13H2,1-4H3/t14-,15+,18?. The summed E-state index contributed by atoms with van der Waals surface area (Å²) in [6.07, 6.45) is 3.39. The van der Waals surface area contributed by atoms with E-state index in [4.69, 9.17) is 4.98 Å². The number of hydrogen-bond donors (Lipinski definition) is 0. The van der Waals surface area contributed by atoms with Gasteiger partial charge in [-0.15, -0.1) is 0 Å². The Kier molecular flexibility index (Phi) is 6.18. The molecular weight excluding hydrogens is 390 g/mol. The highest BCUT2D eigenvalue weighted by molar-refractivity contribution is 9.10. The fourth-order valence-corrected chi connectivity index (χ4v) is 4.95. The van der Waals surface area contributed by atoms with Gasteiger partial charge in [0.05, 0.1) is 16.9 Å². The summed E-state index contributed by atoms with van der Waals surface area (Å²) in [5, 5.41) is 0.695. The van der Waals surface area contributed by atoms with Crippen molar-refractivity contribution in [2.24, 2.45) is 11.8 Å². The van der Waals surface area contributed by atoms with Crippen molar-refractivity contribution in [1.82, 2.24) is 14.5 Å². The molecule has 2 aromatic rings. The SMILES string of the molecule is CCCC(c1nc2c(Br)cccc2c(=O)n1CC)N1C[C@H](C)C[C@H](C)C1. The normalized spacial score (nSPS) is 22.7. The Morgan fingerprint density at radius 1 is 1.23 bits per heavy atom. The van der Waals surface area contributed by atoms with Crippen molar-refractivity contribution in [2.75, 3.05) is 13.1 Å². The molecule has 3 rings (SSSR count). The highest BCUT2D eigenvalue weighted by atomic mass is 79.9. The van der Waals surface area contributed by atoms with Gasteiger partial charge in [0.15, 0.2) is 0 Å². The number of halogens is 1. The van der Waals surface area contributed by atoms with E-state index in [0.29, 0.717) is 23.8 Å². The molecule has 0 aliphatic carbocycles. The van der Waals surface area contributed by atoms with Crippen LogP contribution in [0.5, 0.6) is 0 Å². The summed E-state index contributed by atoms with van der Waals surface area (Å²) in [6, 6.07) is 5.96. The second kappa shape index (κ2) is 8.22. The lowest BCUT2D eigenvalue weighted by Gasteiger charge is -2.40. The molecule has 4 nitrogen and oxygen atoms in total. The Balaban J connectivity index is 2.16. The molecule has 0 bridgehead atoms. The van der Waals surface area contributed by atoms with E-state index in [-0.39, 0.29) is 11.6 Å². The molecule has 1 fully saturated rings. The number of benzene rings is 1. The molecule has 1 aromatic carbocycles. The molecule has 0 amide bonds. The lowest BCUT2D eigenvalue weighted by molar-refractivity contribution is 0.0836. The first-order valence-corrected chi connectivity index (χ1v) is 10.7. The van der Waals surface area contributed by atoms with Crippen molar-refractivity contribution in [3.63, 3.8) is 0 Å². The topological polar surface area (TPSA) is 38.1 Å². The second-order valence-corrected chi connectivity index (χ2v) is 8.71. The fraction of sp³-hybridized carbons (Fsp3) is 0.619. The first-order chi connectivity index (χ1) is 12.5. The average Bonchev–Trinajstić information content (AvgIpc) is 2.59. The Morgan fingerprint density at radius 2 is 1.92 bits per heavy atom. The number of piperidine rings is 1. The van der Waals surface area contributed by atoms with Crippen LogP contribution in [0.15, 0.2) is 27.5 Å². The minimum Gasteiger partial charge on any atom is -0.295 e. The molecule has 1 aliphatic rings. The van der Waals surface area contributed by atoms with E-state index in [2.05, 4.69) is 41.6 Å². The molecule has 0 saturated carbocycles. The van der Waals surface area contributed by atoms with E-state index in [0.717, 1.165) is 41.7 Å². The van der Waals surface area contributed by atoms with Gasteiger partial charge in [-0.05, 0) is 59.7 Å². The summed E-state index contributed by atoms with van der Waals surface area (Å²) in [7, 11) is 0. The van der Waals surface area contributed by atoms with Crippen LogP contribution in [0.2, 0.25) is 0 Å². The summed E-state index contributed by atoms with van der Waals surface area (Å²) >= 11 is 3.59. The summed E-state index contributed by atoms with van der Waals surface area (Å²) in [5.74, 6) is 2.30. The Bertz CT molecular complexity index is 822. The third kappa shape index (κ3) is 3.74. The van der Waals surface area contributed by atoms with Gasteiger partial charge in [-0.2, -0.15) is 0 Å². The van der Waals surface area contributed by atoms with Crippen LogP contribution in [0.4, 0.5) is 0 Å². The van der Waals surface area contributed by atoms with E-state index in [1.54, 1.807) is 0 Å². The van der Waals surface area contributed by atoms with Gasteiger partial charge in [0.2, 0.25) is 0 Å². The zero-order chi connectivity index (χ0) is 18.8. The van der Waals surface area contributed by atoms with Crippen LogP contribution in [0.25, 0.3) is 10.9 Å². The van der Waals surface area contributed by atoms with Crippen molar-refractivity contribution in [3.05, 3.63) is 38.9 Å². The number of likely N-dealkylation sites (tertiary alicyclic amines) is 1. The molecule has 1 aliphatic heterocycles. The lowest BCUT2D eigenvalue weighted by atomic mass is 9.90. The van der Waals surface area contributed by atoms with Crippen molar-refractivity contribution in [3.8, 4) is 0 Å². The summed E-state index contributed by atoms with van der Waals surface area (Å²) in [4.78, 5) is 20.7. The summed E-state index contributed by atoms with van der Waals surface area (Å²) in [6.45, 7) is 11.8. The van der Waals surface area contributed by atoms with Crippen molar-refractivity contribution in [2.45, 2.75) is 59.5 Å². The Hall–Kier alpha value is -1.20. The maximum atomic E-state index is 13.1. The highest BCUT2D eigenvalue weighted by Crippen LogP contribution is 2.32. The number of para-hydroxylation sites is 1. The van der Waals surface area contributed by atoms with Gasteiger partial charge in [0.1, 0.15) is 5.82 Å². The Morgan fingerprint density at radius 3 is 2.54 bits per heavy atom. The second-order valence-electron chi connectivity index (χ2n) is 7.86. The number of fused-ring (bicyclic) bond motifs is 1. The van der Waals surface area contributed by atoms with Gasteiger partial charge in [-0.1, -0.05) is 33.3 Å². The zero-order valence-corrected chi connectivity index (χ0v) is 17.9. The molecule has 0 spiro atoms. The van der Waals surface area contributed by atoms with Gasteiger partial charge >= 0.3 is 0 Å². The van der Waals surface area contributed by atoms with Gasteiger partial charge in [0, 0.05) is 24.1 Å². The van der Waals surface area contributed by atoms with E-state index < -0.39 is 0 Å². The number of rotatable bonds is 5. The number of hydrogen-bond acceptors (Lipinski definition) is 3. The highest BCUT2D eigenvalue weighted by Gasteiger charge is 2.31. The molecule has 2 heterocycles. The fourth-order valence-electron chi connectivity index (χ4n) is 4.50. The van der Waals surface area contributed by atoms with Crippen molar-refractivity contribution < 1.29 is 0 Å². The van der Waals surface area contributed by atoms with E-state index in [1.165, 1.54) is 6.42 Å². The van der Waals surface area contributed by atoms with Crippen molar-refractivity contribution >= 4 is 26.8 Å². The van der Waals surface area contributed by atoms with Crippen LogP contribution in [0, 0.1) is 11.8 Å². The van der Waals surface area contributed by atoms with E-state index in [1.807, 2.05) is 29.7 Å². The van der Waals surface area contributed by atoms with Crippen molar-refractivity contribution in [1.29, 1.82) is 0 Å². The molecule has 5 heteroatoms. The Labute approximate surface area is 164 Å².